The van der Waals surface area contributed by atoms with Crippen LogP contribution in [0.15, 0.2) is 12.1 Å². The Morgan fingerprint density at radius 2 is 1.82 bits per heavy atom. The van der Waals surface area contributed by atoms with Gasteiger partial charge < -0.3 is 39.7 Å². The third kappa shape index (κ3) is 3.11. The average molecular weight is 316 g/mol. The molecule has 1 aromatic carbocycles. The van der Waals surface area contributed by atoms with Crippen molar-refractivity contribution in [3.05, 3.63) is 17.7 Å². The second-order valence-corrected chi connectivity index (χ2v) is 5.08. The molecule has 1 heterocycles. The van der Waals surface area contributed by atoms with Gasteiger partial charge in [-0.3, -0.25) is 0 Å². The third-order valence-electron chi connectivity index (χ3n) is 3.63. The van der Waals surface area contributed by atoms with E-state index in [1.165, 1.54) is 19.2 Å². The number of ether oxygens (including phenoxy) is 3. The lowest BCUT2D eigenvalue weighted by Crippen LogP contribution is -2.60. The Morgan fingerprint density at radius 1 is 1.14 bits per heavy atom. The fraction of sp³-hybridized carbons (Fsp3) is 0.571. The molecule has 8 nitrogen and oxygen atoms in total. The summed E-state index contributed by atoms with van der Waals surface area (Å²) in [4.78, 5) is 0. The Morgan fingerprint density at radius 3 is 2.41 bits per heavy atom. The molecule has 1 aliphatic heterocycles. The molecule has 0 aliphatic carbocycles. The summed E-state index contributed by atoms with van der Waals surface area (Å²) in [6, 6.07) is 2.79. The molecule has 2 rings (SSSR count). The van der Waals surface area contributed by atoms with Gasteiger partial charge in [0.15, 0.2) is 0 Å². The van der Waals surface area contributed by atoms with Gasteiger partial charge >= 0.3 is 0 Å². The minimum Gasteiger partial charge on any atom is -0.507 e. The number of benzene rings is 1. The van der Waals surface area contributed by atoms with E-state index in [4.69, 9.17) is 19.3 Å². The van der Waals surface area contributed by atoms with Gasteiger partial charge in [-0.05, 0) is 6.92 Å². The summed E-state index contributed by atoms with van der Waals surface area (Å²) in [6.45, 7) is 1.11. The molecule has 0 radical (unpaired) electrons. The zero-order valence-corrected chi connectivity index (χ0v) is 12.2. The van der Waals surface area contributed by atoms with Gasteiger partial charge in [-0.2, -0.15) is 0 Å². The monoisotopic (exact) mass is 316 g/mol. The van der Waals surface area contributed by atoms with E-state index in [-0.39, 0.29) is 11.5 Å². The molecule has 124 valence electrons. The summed E-state index contributed by atoms with van der Waals surface area (Å²) in [5, 5.41) is 48.2. The van der Waals surface area contributed by atoms with Crippen molar-refractivity contribution in [3.8, 4) is 17.2 Å². The highest BCUT2D eigenvalue weighted by Gasteiger charge is 2.44. The van der Waals surface area contributed by atoms with Crippen LogP contribution in [0.1, 0.15) is 5.56 Å². The highest BCUT2D eigenvalue weighted by Crippen LogP contribution is 2.34. The predicted molar refractivity (Wildman–Crippen MR) is 73.8 cm³/mol. The molecule has 0 spiro atoms. The van der Waals surface area contributed by atoms with E-state index in [0.29, 0.717) is 11.3 Å². The van der Waals surface area contributed by atoms with E-state index in [2.05, 4.69) is 0 Å². The fourth-order valence-corrected chi connectivity index (χ4v) is 2.23. The van der Waals surface area contributed by atoms with Crippen molar-refractivity contribution in [2.24, 2.45) is 0 Å². The lowest BCUT2D eigenvalue weighted by atomic mass is 9.99. The smallest absolute Gasteiger partial charge is 0.229 e. The van der Waals surface area contributed by atoms with Crippen LogP contribution >= 0.6 is 0 Å². The molecular weight excluding hydrogens is 296 g/mol. The number of rotatable bonds is 4. The number of hydrogen-bond acceptors (Lipinski definition) is 8. The van der Waals surface area contributed by atoms with Gasteiger partial charge in [0.2, 0.25) is 6.29 Å². The van der Waals surface area contributed by atoms with Crippen molar-refractivity contribution < 1.29 is 39.7 Å². The molecule has 8 heteroatoms. The highest BCUT2D eigenvalue weighted by molar-refractivity contribution is 5.49. The summed E-state index contributed by atoms with van der Waals surface area (Å²) in [6.07, 6.45) is -6.89. The number of aliphatic hydroxyl groups is 4. The standard InChI is InChI=1S/C14H20O8/c1-6-8(16)3-7(4-9(6)20-2)21-14-13(19)12(18)11(17)10(5-15)22-14/h3-4,10-19H,5H2,1-2H3/t10-,11-,12+,13-,14+/m1/s1. The second-order valence-electron chi connectivity index (χ2n) is 5.08. The van der Waals surface area contributed by atoms with E-state index in [1.54, 1.807) is 6.92 Å². The number of phenols is 1. The zero-order valence-electron chi connectivity index (χ0n) is 12.2. The van der Waals surface area contributed by atoms with Crippen LogP contribution in [0, 0.1) is 6.92 Å². The minimum atomic E-state index is -1.53. The van der Waals surface area contributed by atoms with Crippen molar-refractivity contribution in [1.82, 2.24) is 0 Å². The van der Waals surface area contributed by atoms with E-state index >= 15 is 0 Å². The maximum atomic E-state index is 9.90. The first-order valence-electron chi connectivity index (χ1n) is 6.73. The highest BCUT2D eigenvalue weighted by atomic mass is 16.7. The van der Waals surface area contributed by atoms with Gasteiger partial charge in [-0.25, -0.2) is 0 Å². The van der Waals surface area contributed by atoms with Crippen molar-refractivity contribution in [1.29, 1.82) is 0 Å². The van der Waals surface area contributed by atoms with E-state index in [0.717, 1.165) is 0 Å². The molecule has 22 heavy (non-hydrogen) atoms. The van der Waals surface area contributed by atoms with E-state index in [1.807, 2.05) is 0 Å². The number of aromatic hydroxyl groups is 1. The van der Waals surface area contributed by atoms with Crippen LogP contribution in [0.2, 0.25) is 0 Å². The summed E-state index contributed by atoms with van der Waals surface area (Å²) in [5.74, 6) is 0.447. The molecule has 1 fully saturated rings. The summed E-state index contributed by atoms with van der Waals surface area (Å²) < 4.78 is 15.7. The van der Waals surface area contributed by atoms with Crippen LogP contribution < -0.4 is 9.47 Å². The van der Waals surface area contributed by atoms with Crippen LogP contribution in [-0.2, 0) is 4.74 Å². The van der Waals surface area contributed by atoms with Crippen molar-refractivity contribution >= 4 is 0 Å². The van der Waals surface area contributed by atoms with Gasteiger partial charge in [0.25, 0.3) is 0 Å². The Bertz CT molecular complexity index is 518. The van der Waals surface area contributed by atoms with Crippen LogP contribution in [0.4, 0.5) is 0 Å². The molecule has 5 atom stereocenters. The van der Waals surface area contributed by atoms with Crippen LogP contribution in [0.3, 0.4) is 0 Å². The predicted octanol–water partition coefficient (Wildman–Crippen LogP) is -1.11. The molecule has 0 bridgehead atoms. The van der Waals surface area contributed by atoms with Crippen LogP contribution in [0.5, 0.6) is 17.2 Å². The van der Waals surface area contributed by atoms with Crippen molar-refractivity contribution in [2.45, 2.75) is 37.6 Å². The van der Waals surface area contributed by atoms with E-state index < -0.39 is 37.3 Å². The number of aliphatic hydroxyl groups excluding tert-OH is 4. The Hall–Kier alpha value is -1.58. The van der Waals surface area contributed by atoms with E-state index in [9.17, 15) is 20.4 Å². The maximum absolute atomic E-state index is 9.90. The number of phenolic OH excluding ortho intramolecular Hbond substituents is 1. The maximum Gasteiger partial charge on any atom is 0.229 e. The topological polar surface area (TPSA) is 129 Å². The molecule has 0 saturated carbocycles. The minimum absolute atomic E-state index is 0.0704. The second kappa shape index (κ2) is 6.67. The lowest BCUT2D eigenvalue weighted by molar-refractivity contribution is -0.277. The third-order valence-corrected chi connectivity index (χ3v) is 3.63. The van der Waals surface area contributed by atoms with Crippen LogP contribution in [0.25, 0.3) is 0 Å². The molecule has 0 unspecified atom stereocenters. The first-order valence-corrected chi connectivity index (χ1v) is 6.73. The molecule has 1 aromatic rings. The normalized spacial score (nSPS) is 31.8. The SMILES string of the molecule is COc1cc(O[C@H]2O[C@H](CO)[C@@H](O)[C@H](O)[C@H]2O)cc(O)c1C. The molecule has 5 N–H and O–H groups in total. The molecule has 0 amide bonds. The van der Waals surface area contributed by atoms with Gasteiger partial charge in [-0.1, -0.05) is 0 Å². The summed E-state index contributed by atoms with van der Waals surface area (Å²) in [5.41, 5.74) is 0.517. The van der Waals surface area contributed by atoms with Crippen molar-refractivity contribution in [3.63, 3.8) is 0 Å². The Labute approximate surface area is 127 Å². The quantitative estimate of drug-likeness (QED) is 0.473. The number of methoxy groups -OCH3 is 1. The molecule has 1 aliphatic rings. The summed E-state index contributed by atoms with van der Waals surface area (Å²) in [7, 11) is 1.43. The summed E-state index contributed by atoms with van der Waals surface area (Å²) >= 11 is 0. The zero-order chi connectivity index (χ0) is 16.4. The van der Waals surface area contributed by atoms with Crippen molar-refractivity contribution in [2.75, 3.05) is 13.7 Å². The first-order chi connectivity index (χ1) is 10.4. The van der Waals surface area contributed by atoms with Gasteiger partial charge in [0.1, 0.15) is 41.7 Å². The van der Waals surface area contributed by atoms with Gasteiger partial charge in [-0.15, -0.1) is 0 Å². The molecular formula is C14H20O8. The van der Waals surface area contributed by atoms with Crippen LogP contribution in [-0.4, -0.2) is 70.0 Å². The van der Waals surface area contributed by atoms with Gasteiger partial charge in [0, 0.05) is 17.7 Å². The molecule has 0 aromatic heterocycles. The largest absolute Gasteiger partial charge is 0.507 e. The fourth-order valence-electron chi connectivity index (χ4n) is 2.23. The first kappa shape index (κ1) is 16.8. The van der Waals surface area contributed by atoms with Gasteiger partial charge in [0.05, 0.1) is 13.7 Å². The molecule has 1 saturated heterocycles. The lowest BCUT2D eigenvalue weighted by Gasteiger charge is -2.39. The Kier molecular flexibility index (Phi) is 5.09. The average Bonchev–Trinajstić information content (AvgIpc) is 2.51. The number of hydrogen-bond donors (Lipinski definition) is 5. The Balaban J connectivity index is 2.20.